The molecule has 0 aromatic heterocycles. The third kappa shape index (κ3) is 7.96. The van der Waals surface area contributed by atoms with Crippen molar-refractivity contribution in [2.75, 3.05) is 65.0 Å². The first-order valence-electron chi connectivity index (χ1n) is 16.9. The molecule has 2 aromatic carbocycles. The largest absolute Gasteiger partial charge is 0.491 e. The van der Waals surface area contributed by atoms with Crippen LogP contribution < -0.4 is 30.3 Å². The molecule has 1 spiro atoms. The topological polar surface area (TPSA) is 143 Å². The maximum Gasteiger partial charge on any atom is 0.322 e. The van der Waals surface area contributed by atoms with Gasteiger partial charge in [-0.2, -0.15) is 0 Å². The summed E-state index contributed by atoms with van der Waals surface area (Å²) in [6.07, 6.45) is 5.87. The molecule has 2 saturated heterocycles. The molecule has 4 N–H and O–H groups in total. The first-order valence-corrected chi connectivity index (χ1v) is 18.6. The summed E-state index contributed by atoms with van der Waals surface area (Å²) in [6.45, 7) is 3.80. The zero-order valence-electron chi connectivity index (χ0n) is 27.4. The van der Waals surface area contributed by atoms with E-state index >= 15 is 0 Å². The molecule has 1 saturated carbocycles. The Hall–Kier alpha value is -3.65. The van der Waals surface area contributed by atoms with Gasteiger partial charge < -0.3 is 30.3 Å². The second-order valence-corrected chi connectivity index (χ2v) is 15.4. The number of aryl methyl sites for hydroxylation is 1. The summed E-state index contributed by atoms with van der Waals surface area (Å²) < 4.78 is 67.3. The Morgan fingerprint density at radius 3 is 2.33 bits per heavy atom. The van der Waals surface area contributed by atoms with Crippen molar-refractivity contribution >= 4 is 44.6 Å². The number of fused-ring (bicyclic) bond motifs is 1. The molecule has 1 aliphatic carbocycles. The predicted octanol–water partition coefficient (Wildman–Crippen LogP) is 4.90. The average Bonchev–Trinajstić information content (AvgIpc) is 3.82. The van der Waals surface area contributed by atoms with Crippen molar-refractivity contribution in [1.82, 2.24) is 0 Å². The molecule has 6 rings (SSSR count). The second kappa shape index (κ2) is 13.7. The number of nitrogens with one attached hydrogen (secondary N) is 2. The number of anilines is 4. The molecule has 3 fully saturated rings. The molecule has 1 atom stereocenters. The number of sulfonamides is 1. The second-order valence-electron chi connectivity index (χ2n) is 13.6. The highest BCUT2D eigenvalue weighted by Gasteiger charge is 2.44. The van der Waals surface area contributed by atoms with Crippen LogP contribution in [0.2, 0.25) is 0 Å². The van der Waals surface area contributed by atoms with Crippen molar-refractivity contribution in [3.05, 3.63) is 41.5 Å². The number of alkyl halides is 2. The van der Waals surface area contributed by atoms with Gasteiger partial charge in [0.1, 0.15) is 24.2 Å². The van der Waals surface area contributed by atoms with Gasteiger partial charge in [-0.25, -0.2) is 17.2 Å². The fourth-order valence-corrected chi connectivity index (χ4v) is 7.64. The number of carbonyl (C=O) groups excluding carboxylic acids is 2. The van der Waals surface area contributed by atoms with Gasteiger partial charge in [-0.05, 0) is 86.3 Å². The van der Waals surface area contributed by atoms with E-state index in [4.69, 9.17) is 15.2 Å². The van der Waals surface area contributed by atoms with E-state index in [9.17, 15) is 26.8 Å². The van der Waals surface area contributed by atoms with E-state index in [1.54, 1.807) is 31.2 Å². The summed E-state index contributed by atoms with van der Waals surface area (Å²) in [7, 11) is -3.88. The minimum Gasteiger partial charge on any atom is -0.491 e. The molecule has 4 aliphatic rings. The van der Waals surface area contributed by atoms with Gasteiger partial charge in [-0.15, -0.1) is 0 Å². The van der Waals surface area contributed by atoms with Crippen LogP contribution in [-0.2, 0) is 26.0 Å². The first-order chi connectivity index (χ1) is 22.9. The van der Waals surface area contributed by atoms with Crippen LogP contribution in [0.5, 0.6) is 5.75 Å². The summed E-state index contributed by atoms with van der Waals surface area (Å²) in [5.74, 6) is -3.47. The SMILES string of the molecule is CCC(N)C(=O)OCCS(=O)(=O)Nc1ccc(C(=O)Nc2cc3c(c(N4CCC(F)(F)CC4)c2)OCCC3)c(N2CCC3(CC2)CC3)c1. The third-order valence-electron chi connectivity index (χ3n) is 10.1. The molecule has 0 radical (unpaired) electrons. The number of nitrogens with zero attached hydrogens (tertiary/aromatic N) is 2. The number of ether oxygens (including phenoxy) is 2. The number of rotatable bonds is 11. The molecule has 1 amide bonds. The van der Waals surface area contributed by atoms with E-state index in [1.165, 1.54) is 12.8 Å². The molecule has 2 aromatic rings. The molecule has 48 heavy (non-hydrogen) atoms. The molecule has 3 aliphatic heterocycles. The quantitative estimate of drug-likeness (QED) is 0.281. The highest BCUT2D eigenvalue weighted by atomic mass is 32.2. The third-order valence-corrected chi connectivity index (χ3v) is 11.3. The normalized spacial score (nSPS) is 20.3. The monoisotopic (exact) mass is 689 g/mol. The molecular formula is C34H45F2N5O6S. The van der Waals surface area contributed by atoms with Crippen molar-refractivity contribution in [1.29, 1.82) is 0 Å². The fourth-order valence-electron chi connectivity index (χ4n) is 6.75. The van der Waals surface area contributed by atoms with Crippen LogP contribution >= 0.6 is 0 Å². The highest BCUT2D eigenvalue weighted by molar-refractivity contribution is 7.92. The number of benzene rings is 2. The zero-order valence-corrected chi connectivity index (χ0v) is 28.2. The maximum atomic E-state index is 14.0. The maximum absolute atomic E-state index is 14.0. The smallest absolute Gasteiger partial charge is 0.322 e. The molecular weight excluding hydrogens is 644 g/mol. The lowest BCUT2D eigenvalue weighted by atomic mass is 9.93. The van der Waals surface area contributed by atoms with Crippen molar-refractivity contribution in [2.24, 2.45) is 11.1 Å². The number of amides is 1. The van der Waals surface area contributed by atoms with Gasteiger partial charge in [-0.1, -0.05) is 6.92 Å². The number of esters is 1. The van der Waals surface area contributed by atoms with Gasteiger partial charge in [-0.3, -0.25) is 14.3 Å². The van der Waals surface area contributed by atoms with Crippen molar-refractivity contribution in [3.63, 3.8) is 0 Å². The standard InChI is InChI=1S/C34H45F2N5O6S/c1-2-27(37)32(43)47-18-19-48(44,45)39-24-5-6-26(28(21-24)40-13-9-33(7-8-33)10-14-40)31(42)38-25-20-23-4-3-17-46-30(23)29(22-25)41-15-11-34(35,36)12-16-41/h5-6,20-22,27,39H,2-4,7-19,37H2,1H3,(H,38,42). The summed E-state index contributed by atoms with van der Waals surface area (Å²) in [4.78, 5) is 29.9. The van der Waals surface area contributed by atoms with Gasteiger partial charge in [0.15, 0.2) is 0 Å². The Labute approximate surface area is 280 Å². The van der Waals surface area contributed by atoms with Crippen LogP contribution in [0.3, 0.4) is 0 Å². The van der Waals surface area contributed by atoms with Crippen LogP contribution in [0.1, 0.15) is 74.2 Å². The van der Waals surface area contributed by atoms with E-state index in [0.717, 1.165) is 44.3 Å². The summed E-state index contributed by atoms with van der Waals surface area (Å²) in [5.41, 5.74) is 9.50. The van der Waals surface area contributed by atoms with Crippen molar-refractivity contribution < 1.29 is 36.3 Å². The molecule has 262 valence electrons. The van der Waals surface area contributed by atoms with Crippen LogP contribution in [0.4, 0.5) is 31.5 Å². The zero-order chi connectivity index (χ0) is 34.1. The summed E-state index contributed by atoms with van der Waals surface area (Å²) in [6, 6.07) is 7.71. The van der Waals surface area contributed by atoms with Crippen molar-refractivity contribution in [3.8, 4) is 5.75 Å². The van der Waals surface area contributed by atoms with Gasteiger partial charge in [0.2, 0.25) is 10.0 Å². The van der Waals surface area contributed by atoms with E-state index in [0.29, 0.717) is 52.5 Å². The van der Waals surface area contributed by atoms with Gasteiger partial charge in [0, 0.05) is 44.7 Å². The Kier molecular flexibility index (Phi) is 9.76. The van der Waals surface area contributed by atoms with E-state index in [-0.39, 0.29) is 38.4 Å². The molecule has 3 heterocycles. The lowest BCUT2D eigenvalue weighted by Gasteiger charge is -2.36. The average molecular weight is 690 g/mol. The number of hydrogen-bond acceptors (Lipinski definition) is 9. The minimum absolute atomic E-state index is 0.187. The molecule has 0 bridgehead atoms. The Balaban J connectivity index is 1.22. The highest BCUT2D eigenvalue weighted by Crippen LogP contribution is 2.54. The van der Waals surface area contributed by atoms with Gasteiger partial charge in [0.25, 0.3) is 11.8 Å². The molecule has 14 heteroatoms. The molecule has 11 nitrogen and oxygen atoms in total. The van der Waals surface area contributed by atoms with Crippen LogP contribution in [0, 0.1) is 5.41 Å². The van der Waals surface area contributed by atoms with Crippen molar-refractivity contribution in [2.45, 2.75) is 76.7 Å². The summed E-state index contributed by atoms with van der Waals surface area (Å²) in [5, 5.41) is 3.04. The number of nitrogens with two attached hydrogens (primary N) is 1. The minimum atomic E-state index is -3.88. The van der Waals surface area contributed by atoms with E-state index in [1.807, 2.05) is 11.0 Å². The van der Waals surface area contributed by atoms with Crippen LogP contribution in [0.25, 0.3) is 0 Å². The first kappa shape index (κ1) is 34.2. The Morgan fingerprint density at radius 1 is 0.979 bits per heavy atom. The van der Waals surface area contributed by atoms with Gasteiger partial charge in [0.05, 0.1) is 29.2 Å². The van der Waals surface area contributed by atoms with E-state index in [2.05, 4.69) is 14.9 Å². The van der Waals surface area contributed by atoms with Crippen LogP contribution in [0.15, 0.2) is 30.3 Å². The van der Waals surface area contributed by atoms with Gasteiger partial charge >= 0.3 is 5.97 Å². The fraction of sp³-hybridized carbons (Fsp3) is 0.588. The van der Waals surface area contributed by atoms with E-state index < -0.39 is 33.7 Å². The van der Waals surface area contributed by atoms with Crippen LogP contribution in [-0.4, -0.2) is 77.4 Å². The molecule has 1 unspecified atom stereocenters. The number of hydrogen-bond donors (Lipinski definition) is 3. The number of carbonyl (C=O) groups is 2. The Morgan fingerprint density at radius 2 is 1.65 bits per heavy atom. The number of halogens is 2. The predicted molar refractivity (Wildman–Crippen MR) is 181 cm³/mol. The Bertz CT molecular complexity index is 1630. The lowest BCUT2D eigenvalue weighted by molar-refractivity contribution is -0.144. The summed E-state index contributed by atoms with van der Waals surface area (Å²) >= 11 is 0. The lowest BCUT2D eigenvalue weighted by Crippen LogP contribution is -2.39. The number of piperidine rings is 2.